The Morgan fingerprint density at radius 3 is 2.75 bits per heavy atom. The molecular formula is C18H23N5O3S2. The van der Waals surface area contributed by atoms with E-state index in [0.717, 1.165) is 23.5 Å². The molecule has 8 nitrogen and oxygen atoms in total. The lowest BCUT2D eigenvalue weighted by Gasteiger charge is -2.20. The van der Waals surface area contributed by atoms with Crippen LogP contribution in [-0.4, -0.2) is 36.1 Å². The number of thiazole rings is 1. The summed E-state index contributed by atoms with van der Waals surface area (Å²) in [6.45, 7) is 5.65. The lowest BCUT2D eigenvalue weighted by Crippen LogP contribution is -2.40. The molecule has 0 amide bonds. The maximum Gasteiger partial charge on any atom is 0.246 e. The molecule has 2 N–H and O–H groups in total. The molecular weight excluding hydrogens is 398 g/mol. The van der Waals surface area contributed by atoms with E-state index in [4.69, 9.17) is 4.52 Å². The van der Waals surface area contributed by atoms with Crippen molar-refractivity contribution in [2.24, 2.45) is 0 Å². The van der Waals surface area contributed by atoms with Gasteiger partial charge >= 0.3 is 0 Å². The topological polar surface area (TPSA) is 110 Å². The molecule has 3 aromatic rings. The first-order chi connectivity index (χ1) is 13.4. The summed E-state index contributed by atoms with van der Waals surface area (Å²) in [6, 6.07) is 3.45. The van der Waals surface area contributed by atoms with Gasteiger partial charge in [0.15, 0.2) is 5.76 Å². The van der Waals surface area contributed by atoms with Crippen LogP contribution in [0.2, 0.25) is 0 Å². The summed E-state index contributed by atoms with van der Waals surface area (Å²) in [6.07, 6.45) is 3.23. The van der Waals surface area contributed by atoms with Gasteiger partial charge in [-0.25, -0.2) is 18.1 Å². The Kier molecular flexibility index (Phi) is 6.42. The van der Waals surface area contributed by atoms with E-state index in [-0.39, 0.29) is 16.7 Å². The molecule has 3 rings (SSSR count). The lowest BCUT2D eigenvalue weighted by atomic mass is 10.1. The van der Waals surface area contributed by atoms with Gasteiger partial charge in [0.25, 0.3) is 0 Å². The van der Waals surface area contributed by atoms with Crippen molar-refractivity contribution in [3.05, 3.63) is 40.7 Å². The Morgan fingerprint density at radius 1 is 1.29 bits per heavy atom. The molecule has 0 saturated carbocycles. The van der Waals surface area contributed by atoms with E-state index in [1.807, 2.05) is 24.4 Å². The highest BCUT2D eigenvalue weighted by atomic mass is 32.2. The molecule has 0 spiro atoms. The van der Waals surface area contributed by atoms with Crippen LogP contribution in [0.1, 0.15) is 31.2 Å². The zero-order valence-corrected chi connectivity index (χ0v) is 17.6. The van der Waals surface area contributed by atoms with E-state index >= 15 is 0 Å². The van der Waals surface area contributed by atoms with Crippen LogP contribution in [0.5, 0.6) is 0 Å². The van der Waals surface area contributed by atoms with Gasteiger partial charge in [0.1, 0.15) is 22.0 Å². The Labute approximate surface area is 168 Å². The van der Waals surface area contributed by atoms with Crippen LogP contribution >= 0.6 is 11.3 Å². The van der Waals surface area contributed by atoms with Crippen molar-refractivity contribution in [2.45, 2.75) is 44.6 Å². The molecule has 0 saturated heterocycles. The quantitative estimate of drug-likeness (QED) is 0.545. The Morgan fingerprint density at radius 2 is 2.11 bits per heavy atom. The number of nitrogens with one attached hydrogen (secondary N) is 2. The van der Waals surface area contributed by atoms with Gasteiger partial charge in [-0.1, -0.05) is 18.5 Å². The molecule has 0 radical (unpaired) electrons. The second-order valence-corrected chi connectivity index (χ2v) is 8.78. The van der Waals surface area contributed by atoms with E-state index in [0.29, 0.717) is 18.7 Å². The van der Waals surface area contributed by atoms with E-state index in [2.05, 4.69) is 25.2 Å². The standard InChI is InChI=1S/C18H23N5O3S2/c1-4-6-14(23-28(24,25)18-12(2)22-26-13(18)3)9-20-15-7-5-8-19-17(15)16-10-27-11-21-16/h5,7-8,10-11,14,20,23H,4,6,9H2,1-3H3. The van der Waals surface area contributed by atoms with Crippen LogP contribution in [0.4, 0.5) is 5.69 Å². The van der Waals surface area contributed by atoms with Gasteiger partial charge in [0, 0.05) is 24.2 Å². The summed E-state index contributed by atoms with van der Waals surface area (Å²) in [4.78, 5) is 8.83. The van der Waals surface area contributed by atoms with Crippen LogP contribution in [0.3, 0.4) is 0 Å². The van der Waals surface area contributed by atoms with E-state index < -0.39 is 10.0 Å². The van der Waals surface area contributed by atoms with Crippen molar-refractivity contribution in [2.75, 3.05) is 11.9 Å². The number of anilines is 1. The Balaban J connectivity index is 1.76. The van der Waals surface area contributed by atoms with Crippen molar-refractivity contribution >= 4 is 27.0 Å². The van der Waals surface area contributed by atoms with Crippen molar-refractivity contribution in [1.82, 2.24) is 19.8 Å². The first-order valence-electron chi connectivity index (χ1n) is 8.95. The number of nitrogens with zero attached hydrogens (tertiary/aromatic N) is 3. The monoisotopic (exact) mass is 421 g/mol. The number of sulfonamides is 1. The maximum absolute atomic E-state index is 12.8. The zero-order valence-electron chi connectivity index (χ0n) is 16.0. The average molecular weight is 422 g/mol. The highest BCUT2D eigenvalue weighted by molar-refractivity contribution is 7.89. The molecule has 3 heterocycles. The van der Waals surface area contributed by atoms with Gasteiger partial charge in [0.05, 0.1) is 11.2 Å². The third kappa shape index (κ3) is 4.57. The average Bonchev–Trinajstić information content (AvgIpc) is 3.30. The van der Waals surface area contributed by atoms with E-state index in [9.17, 15) is 8.42 Å². The number of aromatic nitrogens is 3. The summed E-state index contributed by atoms with van der Waals surface area (Å²) in [7, 11) is -3.73. The molecule has 10 heteroatoms. The van der Waals surface area contributed by atoms with Crippen LogP contribution in [0.15, 0.2) is 38.6 Å². The molecule has 0 aliphatic carbocycles. The fourth-order valence-corrected chi connectivity index (χ4v) is 5.14. The lowest BCUT2D eigenvalue weighted by molar-refractivity contribution is 0.390. The molecule has 0 aliphatic rings. The van der Waals surface area contributed by atoms with E-state index in [1.165, 1.54) is 11.3 Å². The molecule has 1 atom stereocenters. The van der Waals surface area contributed by atoms with Crippen LogP contribution in [-0.2, 0) is 10.0 Å². The fraction of sp³-hybridized carbons (Fsp3) is 0.389. The Hall–Kier alpha value is -2.30. The van der Waals surface area contributed by atoms with Crippen LogP contribution < -0.4 is 10.0 Å². The van der Waals surface area contributed by atoms with Crippen molar-refractivity contribution in [1.29, 1.82) is 0 Å². The van der Waals surface area contributed by atoms with Crippen molar-refractivity contribution in [3.8, 4) is 11.4 Å². The number of hydrogen-bond acceptors (Lipinski definition) is 8. The minimum atomic E-state index is -3.73. The summed E-state index contributed by atoms with van der Waals surface area (Å²) >= 11 is 1.50. The van der Waals surface area contributed by atoms with Gasteiger partial charge in [-0.3, -0.25) is 4.98 Å². The first-order valence-corrected chi connectivity index (χ1v) is 11.4. The van der Waals surface area contributed by atoms with Crippen molar-refractivity contribution in [3.63, 3.8) is 0 Å². The van der Waals surface area contributed by atoms with Gasteiger partial charge in [-0.2, -0.15) is 0 Å². The van der Waals surface area contributed by atoms with Crippen LogP contribution in [0.25, 0.3) is 11.4 Å². The molecule has 150 valence electrons. The molecule has 0 bridgehead atoms. The maximum atomic E-state index is 12.8. The predicted molar refractivity (Wildman–Crippen MR) is 109 cm³/mol. The summed E-state index contributed by atoms with van der Waals surface area (Å²) < 4.78 is 33.4. The minimum Gasteiger partial charge on any atom is -0.382 e. The van der Waals surface area contributed by atoms with Gasteiger partial charge in [-0.05, 0) is 32.4 Å². The third-order valence-corrected chi connectivity index (χ3v) is 6.57. The molecule has 1 unspecified atom stereocenters. The number of pyridine rings is 1. The largest absolute Gasteiger partial charge is 0.382 e. The second-order valence-electron chi connectivity index (χ2n) is 6.41. The number of rotatable bonds is 9. The smallest absolute Gasteiger partial charge is 0.246 e. The highest BCUT2D eigenvalue weighted by Crippen LogP contribution is 2.25. The van der Waals surface area contributed by atoms with Gasteiger partial charge < -0.3 is 9.84 Å². The molecule has 0 aliphatic heterocycles. The predicted octanol–water partition coefficient (Wildman–Crippen LogP) is 3.37. The Bertz CT molecular complexity index is 996. The summed E-state index contributed by atoms with van der Waals surface area (Å²) in [5, 5.41) is 8.99. The number of aryl methyl sites for hydroxylation is 2. The fourth-order valence-electron chi connectivity index (χ4n) is 3.00. The molecule has 0 fully saturated rings. The molecule has 3 aromatic heterocycles. The number of hydrogen-bond donors (Lipinski definition) is 2. The van der Waals surface area contributed by atoms with Gasteiger partial charge in [-0.15, -0.1) is 11.3 Å². The normalized spacial score (nSPS) is 12.8. The first kappa shape index (κ1) is 20.4. The van der Waals surface area contributed by atoms with Crippen LogP contribution in [0, 0.1) is 13.8 Å². The minimum absolute atomic E-state index is 0.109. The molecule has 0 aromatic carbocycles. The van der Waals surface area contributed by atoms with E-state index in [1.54, 1.807) is 25.6 Å². The highest BCUT2D eigenvalue weighted by Gasteiger charge is 2.27. The SMILES string of the molecule is CCCC(CNc1cccnc1-c1cscn1)NS(=O)(=O)c1c(C)noc1C. The summed E-state index contributed by atoms with van der Waals surface area (Å²) in [5.41, 5.74) is 4.45. The zero-order chi connectivity index (χ0) is 20.1. The van der Waals surface area contributed by atoms with Crippen molar-refractivity contribution < 1.29 is 12.9 Å². The summed E-state index contributed by atoms with van der Waals surface area (Å²) in [5.74, 6) is 0.284. The molecule has 28 heavy (non-hydrogen) atoms. The van der Waals surface area contributed by atoms with Gasteiger partial charge in [0.2, 0.25) is 10.0 Å². The second kappa shape index (κ2) is 8.80. The third-order valence-electron chi connectivity index (χ3n) is 4.22.